The third-order valence-corrected chi connectivity index (χ3v) is 3.14. The van der Waals surface area contributed by atoms with E-state index < -0.39 is 0 Å². The molecule has 2 rings (SSSR count). The summed E-state index contributed by atoms with van der Waals surface area (Å²) in [6.45, 7) is 2.00. The van der Waals surface area contributed by atoms with E-state index >= 15 is 0 Å². The van der Waals surface area contributed by atoms with Crippen LogP contribution in [0, 0.1) is 24.2 Å². The van der Waals surface area contributed by atoms with Crippen LogP contribution in [0.15, 0.2) is 12.1 Å². The first-order valence-corrected chi connectivity index (χ1v) is 5.51. The number of amides is 1. The lowest BCUT2D eigenvalue weighted by molar-refractivity contribution is -0.120. The zero-order chi connectivity index (χ0) is 12.4. The number of ether oxygens (including phenoxy) is 1. The topological polar surface area (TPSA) is 62.1 Å². The number of carbonyl (C=O) groups excluding carboxylic acids is 1. The zero-order valence-electron chi connectivity index (χ0n) is 9.91. The first-order chi connectivity index (χ1) is 8.17. The number of anilines is 1. The molecule has 0 spiro atoms. The van der Waals surface area contributed by atoms with E-state index in [9.17, 15) is 4.79 Å². The number of aryl methyl sites for hydroxylation is 1. The zero-order valence-corrected chi connectivity index (χ0v) is 9.91. The van der Waals surface area contributed by atoms with E-state index in [-0.39, 0.29) is 18.2 Å². The van der Waals surface area contributed by atoms with E-state index in [1.807, 2.05) is 19.1 Å². The summed E-state index contributed by atoms with van der Waals surface area (Å²) in [6, 6.07) is 5.87. The average Bonchev–Trinajstić information content (AvgIpc) is 2.32. The van der Waals surface area contributed by atoms with Crippen LogP contribution >= 0.6 is 0 Å². The van der Waals surface area contributed by atoms with E-state index in [0.29, 0.717) is 12.2 Å². The summed E-state index contributed by atoms with van der Waals surface area (Å²) in [7, 11) is 1.58. The Labute approximate surface area is 100 Å². The molecule has 4 heteroatoms. The Kier molecular flexibility index (Phi) is 3.01. The van der Waals surface area contributed by atoms with Gasteiger partial charge in [-0.3, -0.25) is 4.79 Å². The van der Waals surface area contributed by atoms with Crippen LogP contribution in [0.2, 0.25) is 0 Å². The van der Waals surface area contributed by atoms with Gasteiger partial charge in [0, 0.05) is 6.42 Å². The molecule has 1 heterocycles. The largest absolute Gasteiger partial charge is 0.495 e. The fraction of sp³-hybridized carbons (Fsp3) is 0.385. The third-order valence-electron chi connectivity index (χ3n) is 3.14. The van der Waals surface area contributed by atoms with Gasteiger partial charge in [0.25, 0.3) is 0 Å². The van der Waals surface area contributed by atoms with Crippen LogP contribution in [-0.2, 0) is 11.2 Å². The van der Waals surface area contributed by atoms with E-state index in [1.165, 1.54) is 0 Å². The molecule has 4 nitrogen and oxygen atoms in total. The smallest absolute Gasteiger partial charge is 0.228 e. The molecule has 17 heavy (non-hydrogen) atoms. The number of hydrogen-bond acceptors (Lipinski definition) is 3. The Bertz CT molecular complexity index is 503. The Hall–Kier alpha value is -2.02. The molecule has 1 aliphatic rings. The SMILES string of the molecule is COc1ccc(C)c2c1NC(=O)C(CC#N)C2. The summed E-state index contributed by atoms with van der Waals surface area (Å²) in [4.78, 5) is 11.8. The van der Waals surface area contributed by atoms with E-state index in [2.05, 4.69) is 11.4 Å². The summed E-state index contributed by atoms with van der Waals surface area (Å²) in [5.41, 5.74) is 2.94. The van der Waals surface area contributed by atoms with Gasteiger partial charge in [-0.25, -0.2) is 0 Å². The molecule has 88 valence electrons. The maximum Gasteiger partial charge on any atom is 0.228 e. The minimum atomic E-state index is -0.252. The molecule has 1 aromatic rings. The van der Waals surface area contributed by atoms with Crippen molar-refractivity contribution in [3.05, 3.63) is 23.3 Å². The fourth-order valence-corrected chi connectivity index (χ4v) is 2.14. The molecule has 1 aromatic carbocycles. The van der Waals surface area contributed by atoms with Gasteiger partial charge >= 0.3 is 0 Å². The number of nitrogens with one attached hydrogen (secondary N) is 1. The minimum Gasteiger partial charge on any atom is -0.495 e. The number of methoxy groups -OCH3 is 1. The maximum atomic E-state index is 11.8. The van der Waals surface area contributed by atoms with Crippen LogP contribution in [0.4, 0.5) is 5.69 Å². The van der Waals surface area contributed by atoms with E-state index in [1.54, 1.807) is 7.11 Å². The van der Waals surface area contributed by atoms with Crippen molar-refractivity contribution in [2.24, 2.45) is 5.92 Å². The molecule has 0 radical (unpaired) electrons. The number of nitriles is 1. The Balaban J connectivity index is 2.44. The molecule has 0 saturated carbocycles. The van der Waals surface area contributed by atoms with E-state index in [0.717, 1.165) is 16.8 Å². The summed E-state index contributed by atoms with van der Waals surface area (Å²) in [5.74, 6) is 0.329. The van der Waals surface area contributed by atoms with Crippen LogP contribution in [0.1, 0.15) is 17.5 Å². The quantitative estimate of drug-likeness (QED) is 0.845. The van der Waals surface area contributed by atoms with Gasteiger partial charge in [-0.2, -0.15) is 5.26 Å². The summed E-state index contributed by atoms with van der Waals surface area (Å²) < 4.78 is 5.23. The normalized spacial score (nSPS) is 17.9. The monoisotopic (exact) mass is 230 g/mol. The van der Waals surface area contributed by atoms with Crippen molar-refractivity contribution in [2.45, 2.75) is 19.8 Å². The molecular formula is C13H14N2O2. The van der Waals surface area contributed by atoms with Crippen molar-refractivity contribution in [1.29, 1.82) is 5.26 Å². The molecule has 0 bridgehead atoms. The van der Waals surface area contributed by atoms with E-state index in [4.69, 9.17) is 10.00 Å². The molecule has 1 amide bonds. The number of benzene rings is 1. The summed E-state index contributed by atoms with van der Waals surface area (Å²) in [5, 5.41) is 11.5. The summed E-state index contributed by atoms with van der Waals surface area (Å²) >= 11 is 0. The van der Waals surface area contributed by atoms with Crippen LogP contribution in [0.3, 0.4) is 0 Å². The molecule has 0 aromatic heterocycles. The number of fused-ring (bicyclic) bond motifs is 1. The molecular weight excluding hydrogens is 216 g/mol. The van der Waals surface area contributed by atoms with Crippen LogP contribution in [-0.4, -0.2) is 13.0 Å². The molecule has 1 N–H and O–H groups in total. The molecule has 1 aliphatic heterocycles. The lowest BCUT2D eigenvalue weighted by atomic mass is 9.88. The summed E-state index contributed by atoms with van der Waals surface area (Å²) in [6.07, 6.45) is 0.861. The first kappa shape index (κ1) is 11.5. The van der Waals surface area contributed by atoms with Gasteiger partial charge in [0.15, 0.2) is 0 Å². The fourth-order valence-electron chi connectivity index (χ4n) is 2.14. The minimum absolute atomic E-state index is 0.0945. The Morgan fingerprint density at radius 3 is 3.00 bits per heavy atom. The van der Waals surface area contributed by atoms with Crippen LogP contribution in [0.5, 0.6) is 5.75 Å². The van der Waals surface area contributed by atoms with Crippen LogP contribution < -0.4 is 10.1 Å². The van der Waals surface area contributed by atoms with Crippen molar-refractivity contribution >= 4 is 11.6 Å². The van der Waals surface area contributed by atoms with Crippen LogP contribution in [0.25, 0.3) is 0 Å². The molecule has 0 fully saturated rings. The molecule has 0 aliphatic carbocycles. The van der Waals surface area contributed by atoms with Crippen molar-refractivity contribution in [2.75, 3.05) is 12.4 Å². The Morgan fingerprint density at radius 2 is 2.35 bits per heavy atom. The predicted octanol–water partition coefficient (Wildman–Crippen LogP) is 2.03. The first-order valence-electron chi connectivity index (χ1n) is 5.51. The lowest BCUT2D eigenvalue weighted by Crippen LogP contribution is -2.30. The second kappa shape index (κ2) is 4.46. The molecule has 0 saturated heterocycles. The van der Waals surface area contributed by atoms with Crippen molar-refractivity contribution in [1.82, 2.24) is 0 Å². The number of carbonyl (C=O) groups is 1. The van der Waals surface area contributed by atoms with Gasteiger partial charge in [0.05, 0.1) is 24.8 Å². The van der Waals surface area contributed by atoms with Crippen molar-refractivity contribution in [3.8, 4) is 11.8 Å². The second-order valence-corrected chi connectivity index (χ2v) is 4.19. The van der Waals surface area contributed by atoms with Gasteiger partial charge in [0.2, 0.25) is 5.91 Å². The number of hydrogen-bond donors (Lipinski definition) is 1. The van der Waals surface area contributed by atoms with Gasteiger partial charge < -0.3 is 10.1 Å². The highest BCUT2D eigenvalue weighted by molar-refractivity contribution is 5.97. The third kappa shape index (κ3) is 1.96. The maximum absolute atomic E-state index is 11.8. The van der Waals surface area contributed by atoms with Gasteiger partial charge in [-0.15, -0.1) is 0 Å². The highest BCUT2D eigenvalue weighted by atomic mass is 16.5. The van der Waals surface area contributed by atoms with Crippen molar-refractivity contribution in [3.63, 3.8) is 0 Å². The Morgan fingerprint density at radius 1 is 1.59 bits per heavy atom. The van der Waals surface area contributed by atoms with Gasteiger partial charge in [0.1, 0.15) is 5.75 Å². The van der Waals surface area contributed by atoms with Gasteiger partial charge in [-0.05, 0) is 30.5 Å². The highest BCUT2D eigenvalue weighted by Gasteiger charge is 2.28. The lowest BCUT2D eigenvalue weighted by Gasteiger charge is -2.26. The molecule has 1 unspecified atom stereocenters. The van der Waals surface area contributed by atoms with Crippen molar-refractivity contribution < 1.29 is 9.53 Å². The average molecular weight is 230 g/mol. The number of nitrogens with zero attached hydrogens (tertiary/aromatic N) is 1. The van der Waals surface area contributed by atoms with Gasteiger partial charge in [-0.1, -0.05) is 6.07 Å². The standard InChI is InChI=1S/C13H14N2O2/c1-8-3-4-11(17-2)12-10(8)7-9(5-6-14)13(16)15-12/h3-4,9H,5,7H2,1-2H3,(H,15,16). The predicted molar refractivity (Wildman–Crippen MR) is 63.8 cm³/mol. The molecule has 1 atom stereocenters. The second-order valence-electron chi connectivity index (χ2n) is 4.19. The highest BCUT2D eigenvalue weighted by Crippen LogP contribution is 2.36. The number of rotatable bonds is 2.